The minimum Gasteiger partial charge on any atom is -0.449 e. The van der Waals surface area contributed by atoms with E-state index < -0.39 is 12.1 Å². The monoisotopic (exact) mass is 288 g/mol. The third-order valence-electron chi connectivity index (χ3n) is 2.88. The molecule has 0 heterocycles. The van der Waals surface area contributed by atoms with Crippen molar-refractivity contribution in [1.82, 2.24) is 0 Å². The molecule has 1 rings (SSSR count). The number of carbonyl (C=O) groups excluding carboxylic acids is 2. The predicted octanol–water partition coefficient (Wildman–Crippen LogP) is 2.89. The fraction of sp³-hybridized carbons (Fsp3) is 0.412. The number of rotatable bonds is 7. The maximum absolute atomic E-state index is 11.7. The summed E-state index contributed by atoms with van der Waals surface area (Å²) in [5.74, 6) is 2.13. The molecule has 1 aromatic carbocycles. The first kappa shape index (κ1) is 16.8. The molecule has 0 aliphatic carbocycles. The van der Waals surface area contributed by atoms with Crippen molar-refractivity contribution < 1.29 is 19.1 Å². The highest BCUT2D eigenvalue weighted by Crippen LogP contribution is 2.19. The van der Waals surface area contributed by atoms with Gasteiger partial charge < -0.3 is 9.47 Å². The molecule has 4 heteroatoms. The van der Waals surface area contributed by atoms with E-state index in [-0.39, 0.29) is 18.8 Å². The predicted molar refractivity (Wildman–Crippen MR) is 79.7 cm³/mol. The lowest BCUT2D eigenvalue weighted by atomic mass is 10.1. The average Bonchev–Trinajstić information content (AvgIpc) is 2.47. The molecular formula is C17H20O4. The van der Waals surface area contributed by atoms with Gasteiger partial charge in [-0.2, -0.15) is 0 Å². The molecule has 0 N–H and O–H groups in total. The Labute approximate surface area is 125 Å². The summed E-state index contributed by atoms with van der Waals surface area (Å²) < 4.78 is 10.2. The molecule has 0 spiro atoms. The van der Waals surface area contributed by atoms with Crippen LogP contribution in [0.2, 0.25) is 0 Å². The first-order valence-corrected chi connectivity index (χ1v) is 7.01. The van der Waals surface area contributed by atoms with Crippen LogP contribution in [-0.2, 0) is 20.7 Å². The van der Waals surface area contributed by atoms with Crippen LogP contribution in [0.25, 0.3) is 0 Å². The molecule has 0 saturated carbocycles. The van der Waals surface area contributed by atoms with E-state index in [1.807, 2.05) is 25.1 Å². The van der Waals surface area contributed by atoms with Crippen molar-refractivity contribution in [3.05, 3.63) is 29.8 Å². The van der Waals surface area contributed by atoms with Gasteiger partial charge in [-0.15, -0.1) is 6.42 Å². The zero-order chi connectivity index (χ0) is 15.7. The molecule has 21 heavy (non-hydrogen) atoms. The molecule has 0 aliphatic rings. The average molecular weight is 288 g/mol. The topological polar surface area (TPSA) is 52.6 Å². The standard InChI is InChI=1S/C17H20O4/c1-4-13(3)20-16(18)11-8-12-17(19)21-15-10-7-6-9-14(15)5-2/h1,6-7,9-10,13H,5,8,11-12H2,2-3H3. The van der Waals surface area contributed by atoms with E-state index in [0.29, 0.717) is 12.2 Å². The minimum absolute atomic E-state index is 0.149. The molecule has 1 unspecified atom stereocenters. The summed E-state index contributed by atoms with van der Waals surface area (Å²) in [4.78, 5) is 23.1. The van der Waals surface area contributed by atoms with Gasteiger partial charge in [-0.1, -0.05) is 31.0 Å². The quantitative estimate of drug-likeness (QED) is 0.440. The van der Waals surface area contributed by atoms with E-state index in [1.54, 1.807) is 13.0 Å². The Bertz CT molecular complexity index is 528. The van der Waals surface area contributed by atoms with Gasteiger partial charge in [0.15, 0.2) is 6.10 Å². The van der Waals surface area contributed by atoms with Gasteiger partial charge in [0.25, 0.3) is 0 Å². The van der Waals surface area contributed by atoms with Gasteiger partial charge >= 0.3 is 11.9 Å². The van der Waals surface area contributed by atoms with Crippen molar-refractivity contribution in [2.75, 3.05) is 0 Å². The van der Waals surface area contributed by atoms with E-state index in [4.69, 9.17) is 15.9 Å². The summed E-state index contributed by atoms with van der Waals surface area (Å²) in [5, 5.41) is 0. The number of benzene rings is 1. The molecule has 0 aromatic heterocycles. The zero-order valence-electron chi connectivity index (χ0n) is 12.4. The molecule has 0 radical (unpaired) electrons. The fourth-order valence-corrected chi connectivity index (χ4v) is 1.74. The van der Waals surface area contributed by atoms with Gasteiger partial charge in [0, 0.05) is 12.8 Å². The van der Waals surface area contributed by atoms with Crippen molar-refractivity contribution in [1.29, 1.82) is 0 Å². The lowest BCUT2D eigenvalue weighted by molar-refractivity contribution is -0.146. The summed E-state index contributed by atoms with van der Waals surface area (Å²) in [5.41, 5.74) is 0.980. The first-order chi connectivity index (χ1) is 10.1. The first-order valence-electron chi connectivity index (χ1n) is 7.01. The Morgan fingerprint density at radius 3 is 2.57 bits per heavy atom. The van der Waals surface area contributed by atoms with E-state index in [2.05, 4.69) is 5.92 Å². The highest BCUT2D eigenvalue weighted by molar-refractivity contribution is 5.74. The number of carbonyl (C=O) groups is 2. The number of esters is 2. The van der Waals surface area contributed by atoms with E-state index in [9.17, 15) is 9.59 Å². The lowest BCUT2D eigenvalue weighted by Gasteiger charge is -2.09. The van der Waals surface area contributed by atoms with Gasteiger partial charge in [0.2, 0.25) is 0 Å². The van der Waals surface area contributed by atoms with Crippen LogP contribution in [0.15, 0.2) is 24.3 Å². The second kappa shape index (κ2) is 8.80. The van der Waals surface area contributed by atoms with Crippen LogP contribution in [0.4, 0.5) is 0 Å². The zero-order valence-corrected chi connectivity index (χ0v) is 12.4. The largest absolute Gasteiger partial charge is 0.449 e. The Morgan fingerprint density at radius 2 is 1.90 bits per heavy atom. The SMILES string of the molecule is C#CC(C)OC(=O)CCCC(=O)Oc1ccccc1CC. The molecule has 1 atom stereocenters. The number of hydrogen-bond donors (Lipinski definition) is 0. The molecule has 0 fully saturated rings. The van der Waals surface area contributed by atoms with Crippen LogP contribution in [0.5, 0.6) is 5.75 Å². The summed E-state index contributed by atoms with van der Waals surface area (Å²) in [6.07, 6.45) is 6.05. The van der Waals surface area contributed by atoms with Crippen LogP contribution >= 0.6 is 0 Å². The third-order valence-corrected chi connectivity index (χ3v) is 2.88. The second-order valence-electron chi connectivity index (χ2n) is 4.59. The summed E-state index contributed by atoms with van der Waals surface area (Å²) >= 11 is 0. The van der Waals surface area contributed by atoms with Gasteiger partial charge in [-0.25, -0.2) is 0 Å². The van der Waals surface area contributed by atoms with E-state index >= 15 is 0 Å². The number of terminal acetylenes is 1. The highest BCUT2D eigenvalue weighted by atomic mass is 16.5. The number of hydrogen-bond acceptors (Lipinski definition) is 4. The van der Waals surface area contributed by atoms with Crippen molar-refractivity contribution in [2.24, 2.45) is 0 Å². The molecule has 0 bridgehead atoms. The third kappa shape index (κ3) is 6.13. The minimum atomic E-state index is -0.541. The van der Waals surface area contributed by atoms with Crippen molar-refractivity contribution in [3.63, 3.8) is 0 Å². The van der Waals surface area contributed by atoms with Crippen LogP contribution in [-0.4, -0.2) is 18.0 Å². The van der Waals surface area contributed by atoms with Crippen LogP contribution in [0.3, 0.4) is 0 Å². The van der Waals surface area contributed by atoms with Gasteiger partial charge in [0.05, 0.1) is 0 Å². The number of aryl methyl sites for hydroxylation is 1. The smallest absolute Gasteiger partial charge is 0.311 e. The van der Waals surface area contributed by atoms with Crippen LogP contribution < -0.4 is 4.74 Å². The molecular weight excluding hydrogens is 268 g/mol. The maximum atomic E-state index is 11.7. The molecule has 0 saturated heterocycles. The highest BCUT2D eigenvalue weighted by Gasteiger charge is 2.11. The second-order valence-corrected chi connectivity index (χ2v) is 4.59. The number of para-hydroxylation sites is 1. The molecule has 0 amide bonds. The summed E-state index contributed by atoms with van der Waals surface area (Å²) in [6.45, 7) is 3.61. The van der Waals surface area contributed by atoms with Crippen LogP contribution in [0.1, 0.15) is 38.7 Å². The molecule has 112 valence electrons. The Morgan fingerprint density at radius 1 is 1.24 bits per heavy atom. The van der Waals surface area contributed by atoms with Crippen molar-refractivity contribution in [3.8, 4) is 18.1 Å². The summed E-state index contributed by atoms with van der Waals surface area (Å²) in [6, 6.07) is 7.40. The lowest BCUT2D eigenvalue weighted by Crippen LogP contribution is -2.14. The van der Waals surface area contributed by atoms with Crippen molar-refractivity contribution in [2.45, 2.75) is 45.6 Å². The number of ether oxygens (including phenoxy) is 2. The van der Waals surface area contributed by atoms with Crippen molar-refractivity contribution >= 4 is 11.9 Å². The Balaban J connectivity index is 2.35. The van der Waals surface area contributed by atoms with E-state index in [1.165, 1.54) is 0 Å². The summed E-state index contributed by atoms with van der Waals surface area (Å²) in [7, 11) is 0. The van der Waals surface area contributed by atoms with Gasteiger partial charge in [-0.3, -0.25) is 9.59 Å². The molecule has 4 nitrogen and oxygen atoms in total. The Kier molecular flexibility index (Phi) is 7.03. The maximum Gasteiger partial charge on any atom is 0.311 e. The Hall–Kier alpha value is -2.28. The van der Waals surface area contributed by atoms with Gasteiger partial charge in [-0.05, 0) is 31.4 Å². The normalized spacial score (nSPS) is 11.3. The fourth-order valence-electron chi connectivity index (χ4n) is 1.74. The van der Waals surface area contributed by atoms with E-state index in [0.717, 1.165) is 12.0 Å². The molecule has 0 aliphatic heterocycles. The van der Waals surface area contributed by atoms with Gasteiger partial charge in [0.1, 0.15) is 5.75 Å². The molecule has 1 aromatic rings. The van der Waals surface area contributed by atoms with Crippen LogP contribution in [0, 0.1) is 12.3 Å².